The smallest absolute Gasteiger partial charge is 0.324 e. The fraction of sp³-hybridized carbons (Fsp3) is 0.632. The molecule has 0 saturated heterocycles. The number of amides is 3. The highest BCUT2D eigenvalue weighted by Crippen LogP contribution is 2.25. The second kappa shape index (κ2) is 9.51. The molecule has 0 aromatic carbocycles. The average molecular weight is 347 g/mol. The second-order valence-corrected chi connectivity index (χ2v) is 6.99. The fourth-order valence-corrected chi connectivity index (χ4v) is 3.89. The zero-order chi connectivity index (χ0) is 16.8. The van der Waals surface area contributed by atoms with Gasteiger partial charge in [-0.25, -0.2) is 4.79 Å². The largest absolute Gasteiger partial charge is 0.412 e. The first-order valence-corrected chi connectivity index (χ1v) is 9.30. The summed E-state index contributed by atoms with van der Waals surface area (Å²) in [4.78, 5) is 31.3. The topological polar surface area (TPSA) is 93.8 Å². The Balaban J connectivity index is 0.00000225. The number of urea groups is 1. The van der Waals surface area contributed by atoms with Gasteiger partial charge in [-0.05, 0) is 37.8 Å². The molecule has 1 heterocycles. The molecule has 3 rings (SSSR count). The van der Waals surface area contributed by atoms with Gasteiger partial charge >= 0.3 is 6.03 Å². The maximum absolute atomic E-state index is 13.0. The summed E-state index contributed by atoms with van der Waals surface area (Å²) >= 11 is 0. The van der Waals surface area contributed by atoms with E-state index in [1.807, 2.05) is 0 Å². The van der Waals surface area contributed by atoms with Crippen LogP contribution in [0.1, 0.15) is 74.6 Å². The van der Waals surface area contributed by atoms with Crippen LogP contribution in [0.25, 0.3) is 0 Å². The highest BCUT2D eigenvalue weighted by molar-refractivity contribution is 6.04. The van der Waals surface area contributed by atoms with E-state index in [0.29, 0.717) is 5.56 Å². The first-order valence-electron chi connectivity index (χ1n) is 9.30. The minimum atomic E-state index is -0.212. The van der Waals surface area contributed by atoms with E-state index < -0.39 is 0 Å². The highest BCUT2D eigenvalue weighted by Gasteiger charge is 2.32. The molecule has 1 aromatic heterocycles. The van der Waals surface area contributed by atoms with E-state index >= 15 is 0 Å². The Morgan fingerprint density at radius 3 is 2.08 bits per heavy atom. The van der Waals surface area contributed by atoms with Gasteiger partial charge in [0.25, 0.3) is 5.91 Å². The lowest BCUT2D eigenvalue weighted by Crippen LogP contribution is -2.52. The molecule has 0 bridgehead atoms. The van der Waals surface area contributed by atoms with Gasteiger partial charge in [-0.15, -0.1) is 0 Å². The predicted octanol–water partition coefficient (Wildman–Crippen LogP) is 3.07. The molecule has 1 aromatic rings. The van der Waals surface area contributed by atoms with Crippen LogP contribution in [0.4, 0.5) is 4.79 Å². The molecular weight excluding hydrogens is 318 g/mol. The third-order valence-electron chi connectivity index (χ3n) is 5.24. The molecular formula is C19H29N3O3. The number of nitrogens with one attached hydrogen (secondary N) is 1. The molecule has 2 aliphatic carbocycles. The molecule has 0 aliphatic heterocycles. The van der Waals surface area contributed by atoms with Gasteiger partial charge in [0.15, 0.2) is 0 Å². The van der Waals surface area contributed by atoms with Gasteiger partial charge in [0.2, 0.25) is 0 Å². The minimum absolute atomic E-state index is 0. The summed E-state index contributed by atoms with van der Waals surface area (Å²) < 4.78 is 0. The van der Waals surface area contributed by atoms with Gasteiger partial charge in [-0.2, -0.15) is 0 Å². The lowest BCUT2D eigenvalue weighted by Gasteiger charge is -2.34. The van der Waals surface area contributed by atoms with Crippen molar-refractivity contribution in [2.45, 2.75) is 76.3 Å². The quantitative estimate of drug-likeness (QED) is 0.910. The molecule has 6 nitrogen and oxygen atoms in total. The monoisotopic (exact) mass is 347 g/mol. The lowest BCUT2D eigenvalue weighted by atomic mass is 9.93. The van der Waals surface area contributed by atoms with Crippen molar-refractivity contribution in [3.8, 4) is 0 Å². The Labute approximate surface area is 149 Å². The molecule has 6 heteroatoms. The third kappa shape index (κ3) is 5.01. The van der Waals surface area contributed by atoms with Crippen molar-refractivity contribution in [3.05, 3.63) is 30.1 Å². The molecule has 3 N–H and O–H groups in total. The van der Waals surface area contributed by atoms with Crippen LogP contribution in [-0.2, 0) is 0 Å². The predicted molar refractivity (Wildman–Crippen MR) is 96.3 cm³/mol. The summed E-state index contributed by atoms with van der Waals surface area (Å²) in [6.45, 7) is 0. The van der Waals surface area contributed by atoms with E-state index in [4.69, 9.17) is 0 Å². The van der Waals surface area contributed by atoms with Crippen LogP contribution in [0.3, 0.4) is 0 Å². The summed E-state index contributed by atoms with van der Waals surface area (Å²) in [7, 11) is 0. The fourth-order valence-electron chi connectivity index (χ4n) is 3.89. The van der Waals surface area contributed by atoms with E-state index in [2.05, 4.69) is 10.3 Å². The van der Waals surface area contributed by atoms with Gasteiger partial charge in [0, 0.05) is 30.0 Å². The molecule has 2 fully saturated rings. The van der Waals surface area contributed by atoms with Crippen LogP contribution in [0.2, 0.25) is 0 Å². The van der Waals surface area contributed by atoms with Crippen molar-refractivity contribution < 1.29 is 15.1 Å². The van der Waals surface area contributed by atoms with E-state index in [0.717, 1.165) is 51.4 Å². The molecule has 0 spiro atoms. The SMILES string of the molecule is O.O=C(NC1CCCCC1)N(C(=O)c1ccncc1)C1CCCCC1. The molecule has 0 atom stereocenters. The summed E-state index contributed by atoms with van der Waals surface area (Å²) in [5.41, 5.74) is 0.536. The third-order valence-corrected chi connectivity index (χ3v) is 5.24. The van der Waals surface area contributed by atoms with Gasteiger partial charge in [0.05, 0.1) is 0 Å². The van der Waals surface area contributed by atoms with Gasteiger partial charge in [-0.1, -0.05) is 38.5 Å². The van der Waals surface area contributed by atoms with Crippen LogP contribution in [0.5, 0.6) is 0 Å². The number of rotatable bonds is 3. The Bertz CT molecular complexity index is 552. The zero-order valence-corrected chi connectivity index (χ0v) is 14.7. The van der Waals surface area contributed by atoms with Crippen LogP contribution in [-0.4, -0.2) is 39.4 Å². The van der Waals surface area contributed by atoms with Crippen LogP contribution < -0.4 is 5.32 Å². The maximum Gasteiger partial charge on any atom is 0.324 e. The molecule has 25 heavy (non-hydrogen) atoms. The summed E-state index contributed by atoms with van der Waals surface area (Å²) in [5, 5.41) is 3.12. The number of hydrogen-bond acceptors (Lipinski definition) is 3. The van der Waals surface area contributed by atoms with Crippen molar-refractivity contribution in [1.82, 2.24) is 15.2 Å². The van der Waals surface area contributed by atoms with Crippen molar-refractivity contribution in [1.29, 1.82) is 0 Å². The van der Waals surface area contributed by atoms with Crippen LogP contribution >= 0.6 is 0 Å². The number of imide groups is 1. The van der Waals surface area contributed by atoms with E-state index in [1.54, 1.807) is 24.5 Å². The number of carbonyl (C=O) groups excluding carboxylic acids is 2. The second-order valence-electron chi connectivity index (χ2n) is 6.99. The van der Waals surface area contributed by atoms with Crippen molar-refractivity contribution in [2.24, 2.45) is 0 Å². The molecule has 2 aliphatic rings. The number of pyridine rings is 1. The maximum atomic E-state index is 13.0. The van der Waals surface area contributed by atoms with Crippen molar-refractivity contribution in [2.75, 3.05) is 0 Å². The summed E-state index contributed by atoms with van der Waals surface area (Å²) in [5.74, 6) is -0.197. The molecule has 0 radical (unpaired) electrons. The van der Waals surface area contributed by atoms with E-state index in [9.17, 15) is 9.59 Å². The van der Waals surface area contributed by atoms with Crippen molar-refractivity contribution >= 4 is 11.9 Å². The Morgan fingerprint density at radius 1 is 0.920 bits per heavy atom. The zero-order valence-electron chi connectivity index (χ0n) is 14.7. The minimum Gasteiger partial charge on any atom is -0.412 e. The van der Waals surface area contributed by atoms with E-state index in [-0.39, 0.29) is 29.5 Å². The Kier molecular flexibility index (Phi) is 7.37. The lowest BCUT2D eigenvalue weighted by molar-refractivity contribution is 0.0701. The highest BCUT2D eigenvalue weighted by atomic mass is 16.2. The first kappa shape index (κ1) is 19.4. The molecule has 0 unspecified atom stereocenters. The van der Waals surface area contributed by atoms with Crippen LogP contribution in [0, 0.1) is 0 Å². The van der Waals surface area contributed by atoms with Gasteiger partial charge in [-0.3, -0.25) is 14.7 Å². The van der Waals surface area contributed by atoms with Crippen molar-refractivity contribution in [3.63, 3.8) is 0 Å². The number of carbonyl (C=O) groups is 2. The number of nitrogens with zero attached hydrogens (tertiary/aromatic N) is 2. The number of aromatic nitrogens is 1. The first-order chi connectivity index (χ1) is 11.8. The van der Waals surface area contributed by atoms with Crippen LogP contribution in [0.15, 0.2) is 24.5 Å². The van der Waals surface area contributed by atoms with E-state index in [1.165, 1.54) is 17.7 Å². The molecule has 138 valence electrons. The molecule has 3 amide bonds. The molecule has 2 saturated carbocycles. The van der Waals surface area contributed by atoms with Gasteiger partial charge in [0.1, 0.15) is 0 Å². The Hall–Kier alpha value is -1.95. The van der Waals surface area contributed by atoms with Gasteiger partial charge < -0.3 is 10.8 Å². The average Bonchev–Trinajstić information content (AvgIpc) is 2.64. The summed E-state index contributed by atoms with van der Waals surface area (Å²) in [6, 6.07) is 3.39. The normalized spacial score (nSPS) is 18.9. The number of hydrogen-bond donors (Lipinski definition) is 1. The standard InChI is InChI=1S/C19H27N3O2.H2O/c23-18(15-11-13-20-14-12-15)22(17-9-5-2-6-10-17)19(24)21-16-7-3-1-4-8-16;/h11-14,16-17H,1-10H2,(H,21,24);1H2. The Morgan fingerprint density at radius 2 is 1.48 bits per heavy atom. The summed E-state index contributed by atoms with van der Waals surface area (Å²) in [6.07, 6.45) is 14.0.